The third-order valence-electron chi connectivity index (χ3n) is 3.07. The predicted octanol–water partition coefficient (Wildman–Crippen LogP) is -0.646. The van der Waals surface area contributed by atoms with Gasteiger partial charge in [0, 0.05) is 0 Å². The summed E-state index contributed by atoms with van der Waals surface area (Å²) in [6, 6.07) is 4.66. The van der Waals surface area contributed by atoms with Crippen LogP contribution in [0.1, 0.15) is 17.5 Å². The van der Waals surface area contributed by atoms with E-state index in [9.17, 15) is 19.5 Å². The SMILES string of the molecule is NC(Cc1ccccc1C(N)(CC(=O)O)C(=O)O)C(=O)O. The van der Waals surface area contributed by atoms with Crippen molar-refractivity contribution in [2.75, 3.05) is 0 Å². The van der Waals surface area contributed by atoms with Gasteiger partial charge in [0.1, 0.15) is 6.04 Å². The van der Waals surface area contributed by atoms with E-state index in [4.69, 9.17) is 21.7 Å². The number of hydrogen-bond acceptors (Lipinski definition) is 5. The maximum Gasteiger partial charge on any atom is 0.328 e. The zero-order chi connectivity index (χ0) is 16.2. The molecule has 0 saturated carbocycles. The zero-order valence-electron chi connectivity index (χ0n) is 11.0. The zero-order valence-corrected chi connectivity index (χ0v) is 11.0. The van der Waals surface area contributed by atoms with Gasteiger partial charge in [-0.15, -0.1) is 0 Å². The summed E-state index contributed by atoms with van der Waals surface area (Å²) in [7, 11) is 0. The lowest BCUT2D eigenvalue weighted by atomic mass is 9.83. The van der Waals surface area contributed by atoms with Crippen LogP contribution in [0, 0.1) is 0 Å². The summed E-state index contributed by atoms with van der Waals surface area (Å²) in [5, 5.41) is 26.9. The normalized spacial score (nSPS) is 15.0. The Kier molecular flexibility index (Phi) is 5.01. The first kappa shape index (κ1) is 16.6. The topological polar surface area (TPSA) is 164 Å². The number of benzene rings is 1. The van der Waals surface area contributed by atoms with Crippen LogP contribution in [0.3, 0.4) is 0 Å². The van der Waals surface area contributed by atoms with Gasteiger partial charge >= 0.3 is 17.9 Å². The van der Waals surface area contributed by atoms with E-state index in [0.29, 0.717) is 5.56 Å². The molecule has 8 heteroatoms. The van der Waals surface area contributed by atoms with Crippen LogP contribution in [0.15, 0.2) is 24.3 Å². The second-order valence-corrected chi connectivity index (χ2v) is 4.65. The molecule has 21 heavy (non-hydrogen) atoms. The number of nitrogens with two attached hydrogens (primary N) is 2. The molecule has 1 aromatic carbocycles. The lowest BCUT2D eigenvalue weighted by molar-refractivity contribution is -0.150. The van der Waals surface area contributed by atoms with Gasteiger partial charge in [0.05, 0.1) is 6.42 Å². The minimum atomic E-state index is -2.15. The Balaban J connectivity index is 3.30. The highest BCUT2D eigenvalue weighted by Gasteiger charge is 2.40. The average molecular weight is 296 g/mol. The van der Waals surface area contributed by atoms with E-state index in [1.807, 2.05) is 0 Å². The first-order valence-corrected chi connectivity index (χ1v) is 5.99. The molecule has 2 unspecified atom stereocenters. The molecule has 2 atom stereocenters. The molecule has 0 amide bonds. The van der Waals surface area contributed by atoms with Crippen LogP contribution in [-0.2, 0) is 26.3 Å². The Labute approximate surface area is 120 Å². The third-order valence-corrected chi connectivity index (χ3v) is 3.07. The van der Waals surface area contributed by atoms with Crippen LogP contribution >= 0.6 is 0 Å². The van der Waals surface area contributed by atoms with Crippen LogP contribution in [0.5, 0.6) is 0 Å². The van der Waals surface area contributed by atoms with Crippen molar-refractivity contribution >= 4 is 17.9 Å². The Morgan fingerprint density at radius 1 is 1.14 bits per heavy atom. The maximum absolute atomic E-state index is 11.4. The van der Waals surface area contributed by atoms with Crippen LogP contribution < -0.4 is 11.5 Å². The van der Waals surface area contributed by atoms with Crippen molar-refractivity contribution in [2.24, 2.45) is 11.5 Å². The minimum absolute atomic E-state index is 0.0385. The first-order chi connectivity index (χ1) is 9.68. The van der Waals surface area contributed by atoms with Crippen molar-refractivity contribution in [1.82, 2.24) is 0 Å². The summed E-state index contributed by atoms with van der Waals surface area (Å²) in [6.07, 6.45) is -0.987. The van der Waals surface area contributed by atoms with Gasteiger partial charge in [-0.2, -0.15) is 0 Å². The van der Waals surface area contributed by atoms with Crippen molar-refractivity contribution in [1.29, 1.82) is 0 Å². The molecule has 8 nitrogen and oxygen atoms in total. The monoisotopic (exact) mass is 296 g/mol. The summed E-state index contributed by atoms with van der Waals surface area (Å²) < 4.78 is 0. The van der Waals surface area contributed by atoms with Crippen molar-refractivity contribution in [3.8, 4) is 0 Å². The number of aliphatic carboxylic acids is 3. The molecule has 0 spiro atoms. The molecule has 0 aliphatic carbocycles. The molecule has 114 valence electrons. The van der Waals surface area contributed by atoms with E-state index in [-0.39, 0.29) is 12.0 Å². The van der Waals surface area contributed by atoms with Crippen LogP contribution in [0.2, 0.25) is 0 Å². The lowest BCUT2D eigenvalue weighted by Gasteiger charge is -2.26. The highest BCUT2D eigenvalue weighted by atomic mass is 16.4. The predicted molar refractivity (Wildman–Crippen MR) is 71.5 cm³/mol. The van der Waals surface area contributed by atoms with Gasteiger partial charge in [-0.1, -0.05) is 24.3 Å². The molecule has 7 N–H and O–H groups in total. The summed E-state index contributed by atoms with van der Waals surface area (Å²) in [6.45, 7) is 0. The van der Waals surface area contributed by atoms with Crippen LogP contribution in [0.25, 0.3) is 0 Å². The van der Waals surface area contributed by atoms with Crippen molar-refractivity contribution < 1.29 is 29.7 Å². The Hall–Kier alpha value is -2.45. The van der Waals surface area contributed by atoms with E-state index < -0.39 is 35.9 Å². The molecule has 0 fully saturated rings. The fourth-order valence-electron chi connectivity index (χ4n) is 1.98. The third kappa shape index (κ3) is 3.77. The molecule has 0 bridgehead atoms. The first-order valence-electron chi connectivity index (χ1n) is 5.99. The molecule has 0 heterocycles. The van der Waals surface area contributed by atoms with E-state index in [1.54, 1.807) is 6.07 Å². The van der Waals surface area contributed by atoms with Crippen LogP contribution in [-0.4, -0.2) is 39.3 Å². The quantitative estimate of drug-likeness (QED) is 0.443. The Morgan fingerprint density at radius 3 is 2.19 bits per heavy atom. The highest BCUT2D eigenvalue weighted by molar-refractivity contribution is 5.86. The van der Waals surface area contributed by atoms with Crippen molar-refractivity contribution in [3.63, 3.8) is 0 Å². The largest absolute Gasteiger partial charge is 0.481 e. The molecule has 0 radical (unpaired) electrons. The molecule has 1 aromatic rings. The minimum Gasteiger partial charge on any atom is -0.481 e. The van der Waals surface area contributed by atoms with Gasteiger partial charge in [0.25, 0.3) is 0 Å². The summed E-state index contributed by atoms with van der Waals surface area (Å²) >= 11 is 0. The Bertz CT molecular complexity index is 574. The number of carboxylic acids is 3. The highest BCUT2D eigenvalue weighted by Crippen LogP contribution is 2.27. The number of carboxylic acid groups (broad SMARTS) is 3. The number of carbonyl (C=O) groups is 3. The van der Waals surface area contributed by atoms with Gasteiger partial charge in [-0.25, -0.2) is 4.79 Å². The molecule has 1 rings (SSSR count). The Morgan fingerprint density at radius 2 is 1.71 bits per heavy atom. The van der Waals surface area contributed by atoms with Gasteiger partial charge in [-0.3, -0.25) is 9.59 Å². The van der Waals surface area contributed by atoms with Gasteiger partial charge in [-0.05, 0) is 17.5 Å². The van der Waals surface area contributed by atoms with Gasteiger partial charge in [0.15, 0.2) is 5.54 Å². The van der Waals surface area contributed by atoms with Crippen molar-refractivity contribution in [3.05, 3.63) is 35.4 Å². The smallest absolute Gasteiger partial charge is 0.328 e. The fourth-order valence-corrected chi connectivity index (χ4v) is 1.98. The molecular weight excluding hydrogens is 280 g/mol. The van der Waals surface area contributed by atoms with Crippen molar-refractivity contribution in [2.45, 2.75) is 24.4 Å². The second kappa shape index (κ2) is 6.33. The van der Waals surface area contributed by atoms with E-state index in [1.165, 1.54) is 18.2 Å². The molecule has 0 saturated heterocycles. The van der Waals surface area contributed by atoms with E-state index >= 15 is 0 Å². The fraction of sp³-hybridized carbons (Fsp3) is 0.308. The summed E-state index contributed by atoms with van der Waals surface area (Å²) in [5.74, 6) is -4.14. The van der Waals surface area contributed by atoms with E-state index in [0.717, 1.165) is 0 Å². The van der Waals surface area contributed by atoms with Gasteiger partial charge < -0.3 is 26.8 Å². The van der Waals surface area contributed by atoms with Gasteiger partial charge in [0.2, 0.25) is 0 Å². The van der Waals surface area contributed by atoms with Crippen LogP contribution in [0.4, 0.5) is 0 Å². The molecule has 0 aliphatic rings. The maximum atomic E-state index is 11.4. The molecule has 0 aliphatic heterocycles. The standard InChI is InChI=1S/C13H16N2O6/c14-9(11(18)19)5-7-3-1-2-4-8(7)13(15,12(20)21)6-10(16)17/h1-4,9H,5-6,14-15H2,(H,16,17)(H,18,19)(H,20,21). The lowest BCUT2D eigenvalue weighted by Crippen LogP contribution is -2.47. The second-order valence-electron chi connectivity index (χ2n) is 4.65. The summed E-state index contributed by atoms with van der Waals surface area (Å²) in [5.41, 5.74) is 9.36. The number of rotatable bonds is 7. The average Bonchev–Trinajstić information content (AvgIpc) is 2.37. The van der Waals surface area contributed by atoms with E-state index in [2.05, 4.69) is 0 Å². The summed E-state index contributed by atoms with van der Waals surface area (Å²) in [4.78, 5) is 33.1. The number of hydrogen-bond donors (Lipinski definition) is 5. The molecule has 0 aromatic heterocycles. The molecular formula is C13H16N2O6.